The van der Waals surface area contributed by atoms with Gasteiger partial charge in [-0.1, -0.05) is 152 Å². The molecule has 0 saturated carbocycles. The number of nitrogens with zero attached hydrogens (tertiary/aromatic N) is 3. The molecular formula is C47H30N4O. The van der Waals surface area contributed by atoms with Crippen LogP contribution in [0.25, 0.3) is 71.0 Å². The van der Waals surface area contributed by atoms with Crippen molar-refractivity contribution in [2.24, 2.45) is 9.98 Å². The Bertz CT molecular complexity index is 3010. The molecule has 0 saturated heterocycles. The third-order valence-corrected chi connectivity index (χ3v) is 10.4. The van der Waals surface area contributed by atoms with Crippen LogP contribution in [0.4, 0.5) is 0 Å². The highest BCUT2D eigenvalue weighted by molar-refractivity contribution is 6.25. The Balaban J connectivity index is 1.28. The lowest BCUT2D eigenvalue weighted by Gasteiger charge is -2.24. The molecule has 0 radical (unpaired) electrons. The summed E-state index contributed by atoms with van der Waals surface area (Å²) in [5.41, 5.74) is 7.91. The maximum absolute atomic E-state index is 6.71. The number of nitrogens with one attached hydrogen (secondary N) is 1. The summed E-state index contributed by atoms with van der Waals surface area (Å²) in [5, 5.41) is 12.8. The second kappa shape index (κ2) is 11.3. The molecule has 1 aliphatic rings. The quantitative estimate of drug-likeness (QED) is 0.203. The van der Waals surface area contributed by atoms with E-state index in [1.807, 2.05) is 36.4 Å². The Morgan fingerprint density at radius 1 is 0.519 bits per heavy atom. The van der Waals surface area contributed by atoms with Crippen molar-refractivity contribution >= 4 is 77.0 Å². The van der Waals surface area contributed by atoms with Crippen LogP contribution >= 0.6 is 0 Å². The van der Waals surface area contributed by atoms with Gasteiger partial charge in [0.25, 0.3) is 0 Å². The Morgan fingerprint density at radius 3 is 1.81 bits per heavy atom. The van der Waals surface area contributed by atoms with E-state index < -0.39 is 0 Å². The summed E-state index contributed by atoms with van der Waals surface area (Å²) in [6.07, 6.45) is -0.332. The van der Waals surface area contributed by atoms with Gasteiger partial charge in [0.2, 0.25) is 0 Å². The zero-order chi connectivity index (χ0) is 34.2. The zero-order valence-corrected chi connectivity index (χ0v) is 28.0. The first kappa shape index (κ1) is 28.8. The smallest absolute Gasteiger partial charge is 0.160 e. The van der Waals surface area contributed by atoms with Crippen molar-refractivity contribution in [2.45, 2.75) is 6.17 Å². The van der Waals surface area contributed by atoms with E-state index in [2.05, 4.69) is 143 Å². The normalized spacial score (nSPS) is 14.7. The third-order valence-electron chi connectivity index (χ3n) is 10.4. The molecule has 10 aromatic rings. The van der Waals surface area contributed by atoms with Gasteiger partial charge < -0.3 is 14.3 Å². The van der Waals surface area contributed by atoms with Crippen LogP contribution < -0.4 is 5.32 Å². The summed E-state index contributed by atoms with van der Waals surface area (Å²) < 4.78 is 9.15. The van der Waals surface area contributed by atoms with Crippen LogP contribution in [0.15, 0.2) is 184 Å². The average molecular weight is 667 g/mol. The molecule has 5 nitrogen and oxygen atoms in total. The molecule has 0 fully saturated rings. The van der Waals surface area contributed by atoms with Crippen molar-refractivity contribution < 1.29 is 4.42 Å². The summed E-state index contributed by atoms with van der Waals surface area (Å²) in [6.45, 7) is 0. The minimum Gasteiger partial charge on any atom is -0.456 e. The maximum Gasteiger partial charge on any atom is 0.160 e. The van der Waals surface area contributed by atoms with E-state index in [4.69, 9.17) is 14.4 Å². The lowest BCUT2D eigenvalue weighted by molar-refractivity contribution is 0.668. The third kappa shape index (κ3) is 4.36. The molecule has 8 aromatic carbocycles. The Hall–Kier alpha value is -6.98. The van der Waals surface area contributed by atoms with Crippen LogP contribution in [0.1, 0.15) is 22.9 Å². The number of rotatable bonds is 4. The van der Waals surface area contributed by atoms with E-state index in [9.17, 15) is 0 Å². The molecule has 52 heavy (non-hydrogen) atoms. The minimum absolute atomic E-state index is 0.332. The van der Waals surface area contributed by atoms with Gasteiger partial charge in [-0.15, -0.1) is 0 Å². The number of furan rings is 1. The number of aromatic nitrogens is 1. The fraction of sp³-hybridized carbons (Fsp3) is 0.0213. The lowest BCUT2D eigenvalue weighted by atomic mass is 10.0. The number of aliphatic imine (C=N–C) groups is 2. The maximum atomic E-state index is 6.71. The van der Waals surface area contributed by atoms with Crippen LogP contribution in [-0.2, 0) is 0 Å². The molecule has 1 atom stereocenters. The van der Waals surface area contributed by atoms with Crippen LogP contribution in [0.3, 0.4) is 0 Å². The SMILES string of the molecule is c1ccc(C2=NC(c3cc(-n4c5c6ccccc6ccc5c5ccc6ccccc6c54)cc4oc5ccccc5c34)=NC(c3ccccc3)N2)cc1. The molecule has 1 N–H and O–H groups in total. The van der Waals surface area contributed by atoms with Crippen molar-refractivity contribution in [3.63, 3.8) is 0 Å². The standard InChI is InChI=1S/C47H30N4O/c1-3-15-31(16-4-1)45-48-46(32-17-5-2-6-18-32)50-47(49-45)39-27-33(28-41-42(39)38-21-11-12-22-40(38)52-41)51-43-34-19-9-7-13-29(34)23-25-36(43)37-26-24-30-14-8-10-20-35(30)44(37)51/h1-28,45H,(H,48,49,50). The van der Waals surface area contributed by atoms with Crippen LogP contribution in [0.2, 0.25) is 0 Å². The van der Waals surface area contributed by atoms with Crippen molar-refractivity contribution in [3.05, 3.63) is 187 Å². The molecule has 11 rings (SSSR count). The lowest BCUT2D eigenvalue weighted by Crippen LogP contribution is -2.33. The summed E-state index contributed by atoms with van der Waals surface area (Å²) in [5.74, 6) is 1.43. The largest absolute Gasteiger partial charge is 0.456 e. The van der Waals surface area contributed by atoms with Crippen LogP contribution in [-0.4, -0.2) is 16.2 Å². The summed E-state index contributed by atoms with van der Waals surface area (Å²) in [4.78, 5) is 10.6. The van der Waals surface area contributed by atoms with Gasteiger partial charge in [-0.2, -0.15) is 0 Å². The van der Waals surface area contributed by atoms with Crippen molar-refractivity contribution in [2.75, 3.05) is 0 Å². The number of fused-ring (bicyclic) bond motifs is 10. The van der Waals surface area contributed by atoms with Crippen molar-refractivity contribution in [1.82, 2.24) is 9.88 Å². The second-order valence-electron chi connectivity index (χ2n) is 13.4. The van der Waals surface area contributed by atoms with Crippen LogP contribution in [0, 0.1) is 0 Å². The van der Waals surface area contributed by atoms with E-state index in [0.29, 0.717) is 5.84 Å². The molecule has 0 amide bonds. The fourth-order valence-corrected chi connectivity index (χ4v) is 8.06. The first-order valence-electron chi connectivity index (χ1n) is 17.6. The monoisotopic (exact) mass is 666 g/mol. The van der Waals surface area contributed by atoms with Gasteiger partial charge in [0.1, 0.15) is 23.2 Å². The van der Waals surface area contributed by atoms with Gasteiger partial charge in [0.15, 0.2) is 5.84 Å². The summed E-state index contributed by atoms with van der Waals surface area (Å²) in [7, 11) is 0. The van der Waals surface area contributed by atoms with Gasteiger partial charge in [-0.05, 0) is 28.5 Å². The fourth-order valence-electron chi connectivity index (χ4n) is 8.06. The molecule has 0 aliphatic carbocycles. The van der Waals surface area contributed by atoms with E-state index in [0.717, 1.165) is 61.2 Å². The Labute approximate surface area is 298 Å². The van der Waals surface area contributed by atoms with E-state index >= 15 is 0 Å². The zero-order valence-electron chi connectivity index (χ0n) is 28.0. The van der Waals surface area contributed by atoms with Crippen molar-refractivity contribution in [3.8, 4) is 5.69 Å². The Morgan fingerprint density at radius 2 is 1.12 bits per heavy atom. The second-order valence-corrected chi connectivity index (χ2v) is 13.4. The molecular weight excluding hydrogens is 637 g/mol. The molecule has 1 aliphatic heterocycles. The number of amidine groups is 2. The number of hydrogen-bond acceptors (Lipinski definition) is 4. The summed E-state index contributed by atoms with van der Waals surface area (Å²) in [6, 6.07) is 59.7. The molecule has 1 unspecified atom stereocenters. The predicted octanol–water partition coefficient (Wildman–Crippen LogP) is 11.5. The summed E-state index contributed by atoms with van der Waals surface area (Å²) >= 11 is 0. The molecule has 244 valence electrons. The topological polar surface area (TPSA) is 54.8 Å². The molecule has 0 bridgehead atoms. The highest BCUT2D eigenvalue weighted by atomic mass is 16.3. The van der Waals surface area contributed by atoms with Gasteiger partial charge in [0.05, 0.1) is 16.7 Å². The van der Waals surface area contributed by atoms with E-state index in [1.165, 1.54) is 32.3 Å². The van der Waals surface area contributed by atoms with Crippen LogP contribution in [0.5, 0.6) is 0 Å². The van der Waals surface area contributed by atoms with Gasteiger partial charge >= 0.3 is 0 Å². The van der Waals surface area contributed by atoms with Gasteiger partial charge in [0, 0.05) is 49.5 Å². The molecule has 0 spiro atoms. The number of hydrogen-bond donors (Lipinski definition) is 1. The molecule has 5 heteroatoms. The first-order valence-corrected chi connectivity index (χ1v) is 17.6. The predicted molar refractivity (Wildman–Crippen MR) is 215 cm³/mol. The first-order chi connectivity index (χ1) is 25.8. The number of para-hydroxylation sites is 1. The highest BCUT2D eigenvalue weighted by Gasteiger charge is 2.26. The number of benzene rings is 8. The van der Waals surface area contributed by atoms with Gasteiger partial charge in [-0.25, -0.2) is 9.98 Å². The molecule has 2 aromatic heterocycles. The highest BCUT2D eigenvalue weighted by Crippen LogP contribution is 2.42. The average Bonchev–Trinajstić information content (AvgIpc) is 3.77. The van der Waals surface area contributed by atoms with Gasteiger partial charge in [-0.3, -0.25) is 0 Å². The van der Waals surface area contributed by atoms with E-state index in [-0.39, 0.29) is 6.17 Å². The minimum atomic E-state index is -0.332. The Kier molecular flexibility index (Phi) is 6.25. The van der Waals surface area contributed by atoms with Crippen molar-refractivity contribution in [1.29, 1.82) is 0 Å². The molecule has 3 heterocycles. The van der Waals surface area contributed by atoms with E-state index in [1.54, 1.807) is 0 Å².